The van der Waals surface area contributed by atoms with Gasteiger partial charge in [-0.15, -0.1) is 0 Å². The molecule has 1 aromatic carbocycles. The van der Waals surface area contributed by atoms with Crippen LogP contribution in [0.5, 0.6) is 5.75 Å². The summed E-state index contributed by atoms with van der Waals surface area (Å²) in [4.78, 5) is 15.4. The Morgan fingerprint density at radius 1 is 1.03 bits per heavy atom. The molecule has 0 saturated carbocycles. The first-order valence-electron chi connectivity index (χ1n) is 10.3. The minimum absolute atomic E-state index is 0.178. The summed E-state index contributed by atoms with van der Waals surface area (Å²) in [6.45, 7) is 7.92. The maximum Gasteiger partial charge on any atom is 0.246 e. The van der Waals surface area contributed by atoms with Crippen molar-refractivity contribution in [2.24, 2.45) is 0 Å². The summed E-state index contributed by atoms with van der Waals surface area (Å²) in [5.41, 5.74) is 1.97. The second-order valence-corrected chi connectivity index (χ2v) is 10.3. The smallest absolute Gasteiger partial charge is 0.246 e. The van der Waals surface area contributed by atoms with E-state index in [4.69, 9.17) is 4.74 Å². The molecule has 3 aromatic rings. The fourth-order valence-electron chi connectivity index (χ4n) is 3.63. The topological polar surface area (TPSA) is 93.5 Å². The lowest BCUT2D eigenvalue weighted by atomic mass is 10.3. The number of aromatic nitrogens is 4. The Balaban J connectivity index is 1.52. The Bertz CT molecular complexity index is 1220. The zero-order valence-electron chi connectivity index (χ0n) is 18.2. The highest BCUT2D eigenvalue weighted by molar-refractivity contribution is 9.10. The van der Waals surface area contributed by atoms with Gasteiger partial charge in [0.2, 0.25) is 10.0 Å². The molecule has 0 N–H and O–H groups in total. The van der Waals surface area contributed by atoms with E-state index in [0.29, 0.717) is 43.0 Å². The van der Waals surface area contributed by atoms with Crippen LogP contribution >= 0.6 is 15.9 Å². The number of benzene rings is 1. The highest BCUT2D eigenvalue weighted by atomic mass is 79.9. The third kappa shape index (κ3) is 4.37. The summed E-state index contributed by atoms with van der Waals surface area (Å²) in [7, 11) is -3.69. The van der Waals surface area contributed by atoms with E-state index in [2.05, 4.69) is 35.8 Å². The molecule has 0 amide bonds. The number of ether oxygens (including phenoxy) is 1. The van der Waals surface area contributed by atoms with Gasteiger partial charge < -0.3 is 9.64 Å². The molecule has 11 heteroatoms. The van der Waals surface area contributed by atoms with Crippen molar-refractivity contribution in [3.8, 4) is 11.6 Å². The molecule has 0 radical (unpaired) electrons. The van der Waals surface area contributed by atoms with Crippen molar-refractivity contribution in [3.63, 3.8) is 0 Å². The number of halogens is 1. The number of rotatable bonds is 6. The van der Waals surface area contributed by atoms with Crippen LogP contribution in [0.3, 0.4) is 0 Å². The van der Waals surface area contributed by atoms with Gasteiger partial charge in [0.25, 0.3) is 0 Å². The fraction of sp³-hybridized carbons (Fsp3) is 0.381. The molecule has 0 spiro atoms. The average molecular weight is 521 g/mol. The van der Waals surface area contributed by atoms with Crippen LogP contribution in [0.25, 0.3) is 5.82 Å². The fourth-order valence-corrected chi connectivity index (χ4v) is 5.72. The molecule has 0 atom stereocenters. The first-order chi connectivity index (χ1) is 15.3. The van der Waals surface area contributed by atoms with Crippen LogP contribution in [0.2, 0.25) is 0 Å². The minimum Gasteiger partial charge on any atom is -0.492 e. The van der Waals surface area contributed by atoms with Crippen molar-refractivity contribution in [1.82, 2.24) is 23.8 Å². The summed E-state index contributed by atoms with van der Waals surface area (Å²) in [5, 5.41) is 0. The molecular weight excluding hydrogens is 496 g/mol. The average Bonchev–Trinajstić information content (AvgIpc) is 3.13. The summed E-state index contributed by atoms with van der Waals surface area (Å²) in [6, 6.07) is 6.95. The van der Waals surface area contributed by atoms with Gasteiger partial charge in [-0.1, -0.05) is 15.9 Å². The Morgan fingerprint density at radius 3 is 2.41 bits per heavy atom. The van der Waals surface area contributed by atoms with E-state index in [1.165, 1.54) is 10.6 Å². The standard InChI is InChI=1S/C21H25BrN6O3S/c1-4-31-18-6-5-17(22)11-19(18)32(29,30)27-9-7-26(8-10-27)20-12-21(24-13-23-20)28-14-25-15(2)16(28)3/h5-6,11-14H,4,7-10H2,1-3H3. The molecule has 4 rings (SSSR count). The van der Waals surface area contributed by atoms with E-state index in [1.54, 1.807) is 24.5 Å². The number of aryl methyl sites for hydroxylation is 1. The Kier molecular flexibility index (Phi) is 6.50. The maximum atomic E-state index is 13.3. The van der Waals surface area contributed by atoms with Crippen LogP contribution in [-0.4, -0.2) is 65.0 Å². The highest BCUT2D eigenvalue weighted by Gasteiger charge is 2.31. The van der Waals surface area contributed by atoms with Crippen LogP contribution in [0, 0.1) is 13.8 Å². The molecule has 3 heterocycles. The number of hydrogen-bond donors (Lipinski definition) is 0. The van der Waals surface area contributed by atoms with Crippen LogP contribution < -0.4 is 9.64 Å². The lowest BCUT2D eigenvalue weighted by molar-refractivity contribution is 0.327. The third-order valence-corrected chi connectivity index (χ3v) is 7.94. The normalized spacial score (nSPS) is 15.2. The van der Waals surface area contributed by atoms with Gasteiger partial charge in [0.1, 0.15) is 34.9 Å². The van der Waals surface area contributed by atoms with Gasteiger partial charge in [-0.2, -0.15) is 4.31 Å². The number of sulfonamides is 1. The predicted molar refractivity (Wildman–Crippen MR) is 125 cm³/mol. The third-order valence-electron chi connectivity index (χ3n) is 5.52. The van der Waals surface area contributed by atoms with Gasteiger partial charge in [-0.05, 0) is 39.0 Å². The van der Waals surface area contributed by atoms with E-state index in [9.17, 15) is 8.42 Å². The molecule has 0 aliphatic carbocycles. The highest BCUT2D eigenvalue weighted by Crippen LogP contribution is 2.31. The number of hydrogen-bond acceptors (Lipinski definition) is 7. The van der Waals surface area contributed by atoms with E-state index in [0.717, 1.165) is 23.0 Å². The maximum absolute atomic E-state index is 13.3. The van der Waals surface area contributed by atoms with Crippen molar-refractivity contribution in [3.05, 3.63) is 52.8 Å². The van der Waals surface area contributed by atoms with Crippen LogP contribution in [0.15, 0.2) is 46.3 Å². The molecule has 1 aliphatic rings. The van der Waals surface area contributed by atoms with Crippen molar-refractivity contribution < 1.29 is 13.2 Å². The Morgan fingerprint density at radius 2 is 1.75 bits per heavy atom. The quantitative estimate of drug-likeness (QED) is 0.493. The molecular formula is C21H25BrN6O3S. The van der Waals surface area contributed by atoms with Crippen molar-refractivity contribution in [2.75, 3.05) is 37.7 Å². The Labute approximate surface area is 196 Å². The second-order valence-electron chi connectivity index (χ2n) is 7.43. The lowest BCUT2D eigenvalue weighted by Gasteiger charge is -2.35. The van der Waals surface area contributed by atoms with Gasteiger partial charge in [-0.25, -0.2) is 23.4 Å². The van der Waals surface area contributed by atoms with Gasteiger partial charge in [0, 0.05) is 42.4 Å². The summed E-state index contributed by atoms with van der Waals surface area (Å²) in [6.07, 6.45) is 3.27. The number of piperazine rings is 1. The van der Waals surface area contributed by atoms with E-state index >= 15 is 0 Å². The summed E-state index contributed by atoms with van der Waals surface area (Å²) >= 11 is 3.37. The van der Waals surface area contributed by atoms with E-state index in [-0.39, 0.29) is 4.90 Å². The van der Waals surface area contributed by atoms with Crippen molar-refractivity contribution in [1.29, 1.82) is 0 Å². The van der Waals surface area contributed by atoms with Crippen LogP contribution in [0.1, 0.15) is 18.3 Å². The molecule has 32 heavy (non-hydrogen) atoms. The molecule has 2 aromatic heterocycles. The van der Waals surface area contributed by atoms with Gasteiger partial charge in [0.05, 0.1) is 12.3 Å². The molecule has 170 valence electrons. The second kappa shape index (κ2) is 9.16. The van der Waals surface area contributed by atoms with Gasteiger partial charge in [-0.3, -0.25) is 4.57 Å². The van der Waals surface area contributed by atoms with Crippen molar-refractivity contribution >= 4 is 31.8 Å². The summed E-state index contributed by atoms with van der Waals surface area (Å²) in [5.74, 6) is 1.86. The number of imidazole rings is 1. The molecule has 1 aliphatic heterocycles. The largest absolute Gasteiger partial charge is 0.492 e. The molecule has 1 fully saturated rings. The Hall–Kier alpha value is -2.50. The van der Waals surface area contributed by atoms with Crippen molar-refractivity contribution in [2.45, 2.75) is 25.7 Å². The first kappa shape index (κ1) is 22.7. The van der Waals surface area contributed by atoms with Gasteiger partial charge >= 0.3 is 0 Å². The molecule has 0 unspecified atom stereocenters. The van der Waals surface area contributed by atoms with Crippen LogP contribution in [-0.2, 0) is 10.0 Å². The van der Waals surface area contributed by atoms with E-state index in [1.807, 2.05) is 31.4 Å². The zero-order chi connectivity index (χ0) is 22.9. The number of nitrogens with zero attached hydrogens (tertiary/aromatic N) is 6. The lowest BCUT2D eigenvalue weighted by Crippen LogP contribution is -2.49. The molecule has 0 bridgehead atoms. The molecule has 9 nitrogen and oxygen atoms in total. The monoisotopic (exact) mass is 520 g/mol. The van der Waals surface area contributed by atoms with Crippen LogP contribution in [0.4, 0.5) is 5.82 Å². The predicted octanol–water partition coefficient (Wildman–Crippen LogP) is 2.95. The SMILES string of the molecule is CCOc1ccc(Br)cc1S(=O)(=O)N1CCN(c2cc(-n3cnc(C)c3C)ncn2)CC1. The minimum atomic E-state index is -3.69. The summed E-state index contributed by atoms with van der Waals surface area (Å²) < 4.78 is 36.3. The number of anilines is 1. The van der Waals surface area contributed by atoms with Gasteiger partial charge in [0.15, 0.2) is 0 Å². The zero-order valence-corrected chi connectivity index (χ0v) is 20.6. The first-order valence-corrected chi connectivity index (χ1v) is 12.5. The molecule has 1 saturated heterocycles. The van der Waals surface area contributed by atoms with E-state index < -0.39 is 10.0 Å².